The molecule has 6 nitrogen and oxygen atoms in total. The zero-order chi connectivity index (χ0) is 12.5. The van der Waals surface area contributed by atoms with E-state index in [2.05, 4.69) is 32.5 Å². The SMILES string of the molecule is C[C@H]1CCCC[C@H]1Nc1ncnc2c1nnn2C. The molecule has 96 valence electrons. The Hall–Kier alpha value is -1.72. The van der Waals surface area contributed by atoms with Crippen LogP contribution in [0.5, 0.6) is 0 Å². The van der Waals surface area contributed by atoms with Crippen LogP contribution in [0.3, 0.4) is 0 Å². The van der Waals surface area contributed by atoms with Crippen LogP contribution in [0.1, 0.15) is 32.6 Å². The normalized spacial score (nSPS) is 24.3. The van der Waals surface area contributed by atoms with E-state index in [-0.39, 0.29) is 0 Å². The van der Waals surface area contributed by atoms with Crippen molar-refractivity contribution in [3.05, 3.63) is 6.33 Å². The predicted octanol–water partition coefficient (Wildman–Crippen LogP) is 1.75. The quantitative estimate of drug-likeness (QED) is 0.874. The lowest BCUT2D eigenvalue weighted by Crippen LogP contribution is -2.30. The molecule has 0 aliphatic heterocycles. The number of aromatic nitrogens is 5. The van der Waals surface area contributed by atoms with Crippen LogP contribution in [-0.4, -0.2) is 31.0 Å². The van der Waals surface area contributed by atoms with Gasteiger partial charge in [-0.05, 0) is 18.8 Å². The zero-order valence-electron chi connectivity index (χ0n) is 10.8. The van der Waals surface area contributed by atoms with Crippen molar-refractivity contribution in [1.29, 1.82) is 0 Å². The van der Waals surface area contributed by atoms with Crippen LogP contribution in [0.15, 0.2) is 6.33 Å². The number of nitrogens with zero attached hydrogens (tertiary/aromatic N) is 5. The van der Waals surface area contributed by atoms with Crippen molar-refractivity contribution in [1.82, 2.24) is 25.0 Å². The second-order valence-electron chi connectivity index (χ2n) is 5.12. The largest absolute Gasteiger partial charge is 0.365 e. The van der Waals surface area contributed by atoms with Crippen molar-refractivity contribution in [3.63, 3.8) is 0 Å². The minimum absolute atomic E-state index is 0.485. The van der Waals surface area contributed by atoms with E-state index in [1.807, 2.05) is 7.05 Å². The van der Waals surface area contributed by atoms with Gasteiger partial charge in [0, 0.05) is 13.1 Å². The van der Waals surface area contributed by atoms with E-state index in [0.29, 0.717) is 12.0 Å². The number of fused-ring (bicyclic) bond motifs is 1. The summed E-state index contributed by atoms with van der Waals surface area (Å²) in [5, 5.41) is 11.6. The molecule has 2 atom stereocenters. The summed E-state index contributed by atoms with van der Waals surface area (Å²) in [6.07, 6.45) is 6.68. The van der Waals surface area contributed by atoms with Gasteiger partial charge in [0.1, 0.15) is 6.33 Å². The summed E-state index contributed by atoms with van der Waals surface area (Å²) in [5.74, 6) is 1.49. The highest BCUT2D eigenvalue weighted by atomic mass is 15.4. The first-order valence-corrected chi connectivity index (χ1v) is 6.52. The standard InChI is InChI=1S/C12H18N6/c1-8-5-3-4-6-9(8)15-11-10-12(14-7-13-11)18(2)17-16-10/h7-9H,3-6H2,1-2H3,(H,13,14,15)/t8-,9+/m0/s1. The molecule has 2 heterocycles. The Kier molecular flexibility index (Phi) is 2.85. The molecule has 0 amide bonds. The Balaban J connectivity index is 1.90. The first-order chi connectivity index (χ1) is 8.75. The number of hydrogen-bond donors (Lipinski definition) is 1. The number of nitrogens with one attached hydrogen (secondary N) is 1. The van der Waals surface area contributed by atoms with Crippen LogP contribution in [0.25, 0.3) is 11.2 Å². The van der Waals surface area contributed by atoms with Gasteiger partial charge in [-0.1, -0.05) is 25.0 Å². The minimum atomic E-state index is 0.485. The van der Waals surface area contributed by atoms with Gasteiger partial charge in [-0.25, -0.2) is 14.6 Å². The predicted molar refractivity (Wildman–Crippen MR) is 69.1 cm³/mol. The van der Waals surface area contributed by atoms with Gasteiger partial charge in [0.25, 0.3) is 0 Å². The molecule has 0 saturated heterocycles. The number of hydrogen-bond acceptors (Lipinski definition) is 5. The third-order valence-corrected chi connectivity index (χ3v) is 3.82. The Bertz CT molecular complexity index is 548. The highest BCUT2D eigenvalue weighted by molar-refractivity contribution is 5.81. The maximum atomic E-state index is 4.31. The molecule has 3 rings (SSSR count). The lowest BCUT2D eigenvalue weighted by atomic mass is 9.86. The molecule has 0 unspecified atom stereocenters. The monoisotopic (exact) mass is 246 g/mol. The lowest BCUT2D eigenvalue weighted by Gasteiger charge is -2.29. The van der Waals surface area contributed by atoms with E-state index < -0.39 is 0 Å². The molecule has 1 N–H and O–H groups in total. The van der Waals surface area contributed by atoms with Gasteiger partial charge in [0.05, 0.1) is 0 Å². The molecule has 6 heteroatoms. The number of rotatable bonds is 2. The van der Waals surface area contributed by atoms with Crippen molar-refractivity contribution in [2.75, 3.05) is 5.32 Å². The fourth-order valence-corrected chi connectivity index (χ4v) is 2.66. The van der Waals surface area contributed by atoms with E-state index in [1.54, 1.807) is 11.0 Å². The Labute approximate surface area is 106 Å². The molecule has 2 aromatic rings. The smallest absolute Gasteiger partial charge is 0.183 e. The van der Waals surface area contributed by atoms with Gasteiger partial charge in [-0.3, -0.25) is 0 Å². The molecule has 0 spiro atoms. The first kappa shape index (κ1) is 11.4. The lowest BCUT2D eigenvalue weighted by molar-refractivity contribution is 0.349. The van der Waals surface area contributed by atoms with E-state index in [4.69, 9.17) is 0 Å². The minimum Gasteiger partial charge on any atom is -0.365 e. The summed E-state index contributed by atoms with van der Waals surface area (Å²) in [4.78, 5) is 8.51. The second-order valence-corrected chi connectivity index (χ2v) is 5.12. The summed E-state index contributed by atoms with van der Waals surface area (Å²) in [6.45, 7) is 2.30. The molecular formula is C12H18N6. The van der Waals surface area contributed by atoms with Crippen LogP contribution in [-0.2, 0) is 7.05 Å². The molecule has 1 aliphatic rings. The molecule has 0 bridgehead atoms. The first-order valence-electron chi connectivity index (χ1n) is 6.52. The Morgan fingerprint density at radius 1 is 1.28 bits per heavy atom. The van der Waals surface area contributed by atoms with Crippen LogP contribution < -0.4 is 5.32 Å². The van der Waals surface area contributed by atoms with Crippen LogP contribution in [0.4, 0.5) is 5.82 Å². The highest BCUT2D eigenvalue weighted by Crippen LogP contribution is 2.27. The van der Waals surface area contributed by atoms with Gasteiger partial charge in [-0.15, -0.1) is 5.10 Å². The molecule has 2 aromatic heterocycles. The van der Waals surface area contributed by atoms with Crippen molar-refractivity contribution in [3.8, 4) is 0 Å². The van der Waals surface area contributed by atoms with Crippen molar-refractivity contribution in [2.45, 2.75) is 38.6 Å². The molecule has 1 fully saturated rings. The Morgan fingerprint density at radius 2 is 2.11 bits per heavy atom. The maximum Gasteiger partial charge on any atom is 0.183 e. The summed E-state index contributed by atoms with van der Waals surface area (Å²) < 4.78 is 1.67. The van der Waals surface area contributed by atoms with Crippen molar-refractivity contribution in [2.24, 2.45) is 13.0 Å². The van der Waals surface area contributed by atoms with Crippen LogP contribution in [0, 0.1) is 5.92 Å². The highest BCUT2D eigenvalue weighted by Gasteiger charge is 2.22. The van der Waals surface area contributed by atoms with Crippen molar-refractivity contribution < 1.29 is 0 Å². The van der Waals surface area contributed by atoms with E-state index in [0.717, 1.165) is 17.0 Å². The van der Waals surface area contributed by atoms with Gasteiger partial charge in [0.15, 0.2) is 17.0 Å². The fourth-order valence-electron chi connectivity index (χ4n) is 2.66. The van der Waals surface area contributed by atoms with Gasteiger partial charge in [0.2, 0.25) is 0 Å². The molecule has 0 aromatic carbocycles. The molecule has 1 aliphatic carbocycles. The summed E-state index contributed by atoms with van der Waals surface area (Å²) in [6, 6.07) is 0.485. The summed E-state index contributed by atoms with van der Waals surface area (Å²) >= 11 is 0. The van der Waals surface area contributed by atoms with Gasteiger partial charge >= 0.3 is 0 Å². The number of anilines is 1. The number of aryl methyl sites for hydroxylation is 1. The summed E-state index contributed by atoms with van der Waals surface area (Å²) in [5.41, 5.74) is 1.54. The molecular weight excluding hydrogens is 228 g/mol. The van der Waals surface area contributed by atoms with Gasteiger partial charge in [-0.2, -0.15) is 0 Å². The van der Waals surface area contributed by atoms with Gasteiger partial charge < -0.3 is 5.32 Å². The van der Waals surface area contributed by atoms with E-state index >= 15 is 0 Å². The van der Waals surface area contributed by atoms with Crippen LogP contribution >= 0.6 is 0 Å². The Morgan fingerprint density at radius 3 is 2.94 bits per heavy atom. The fraction of sp³-hybridized carbons (Fsp3) is 0.667. The van der Waals surface area contributed by atoms with E-state index in [1.165, 1.54) is 25.7 Å². The average molecular weight is 246 g/mol. The topological polar surface area (TPSA) is 68.5 Å². The van der Waals surface area contributed by atoms with E-state index in [9.17, 15) is 0 Å². The summed E-state index contributed by atoms with van der Waals surface area (Å²) in [7, 11) is 1.84. The average Bonchev–Trinajstić information content (AvgIpc) is 2.76. The van der Waals surface area contributed by atoms with Crippen molar-refractivity contribution >= 4 is 17.0 Å². The zero-order valence-corrected chi connectivity index (χ0v) is 10.8. The molecule has 0 radical (unpaired) electrons. The molecule has 1 saturated carbocycles. The third kappa shape index (κ3) is 1.91. The maximum absolute atomic E-state index is 4.31. The second kappa shape index (κ2) is 4.51. The molecule has 18 heavy (non-hydrogen) atoms. The third-order valence-electron chi connectivity index (χ3n) is 3.82. The van der Waals surface area contributed by atoms with Crippen LogP contribution in [0.2, 0.25) is 0 Å².